The standard InChI is InChI=1S/C15H17N3O2S/c1-18-14(11-16)8-9-15(18)13-6-4-12(5-7-13)3-2-10-21(17,19)20/h4-9H,2-3,10H2,1H3,(H2,17,19,20). The van der Waals surface area contributed by atoms with Crippen LogP contribution in [0.5, 0.6) is 0 Å². The topological polar surface area (TPSA) is 88.9 Å². The van der Waals surface area contributed by atoms with Crippen LogP contribution in [0.1, 0.15) is 17.7 Å². The Bertz CT molecular complexity index is 768. The van der Waals surface area contributed by atoms with Crippen molar-refractivity contribution in [3.05, 3.63) is 47.7 Å². The molecule has 0 radical (unpaired) electrons. The van der Waals surface area contributed by atoms with E-state index in [1.54, 1.807) is 6.07 Å². The van der Waals surface area contributed by atoms with Gasteiger partial charge in [0.15, 0.2) is 0 Å². The Labute approximate surface area is 124 Å². The molecule has 0 aliphatic rings. The van der Waals surface area contributed by atoms with Crippen molar-refractivity contribution in [3.8, 4) is 17.3 Å². The van der Waals surface area contributed by atoms with Gasteiger partial charge >= 0.3 is 0 Å². The fourth-order valence-corrected chi connectivity index (χ4v) is 2.78. The summed E-state index contributed by atoms with van der Waals surface area (Å²) in [5.41, 5.74) is 3.68. The minimum absolute atomic E-state index is 0.00189. The van der Waals surface area contributed by atoms with Crippen LogP contribution in [-0.4, -0.2) is 18.7 Å². The first-order valence-electron chi connectivity index (χ1n) is 6.56. The van der Waals surface area contributed by atoms with Crippen LogP contribution in [0, 0.1) is 11.3 Å². The van der Waals surface area contributed by atoms with Crippen LogP contribution in [-0.2, 0) is 23.5 Å². The zero-order chi connectivity index (χ0) is 15.5. The predicted molar refractivity (Wildman–Crippen MR) is 81.9 cm³/mol. The Balaban J connectivity index is 2.09. The Kier molecular flexibility index (Phi) is 4.46. The summed E-state index contributed by atoms with van der Waals surface area (Å²) in [5, 5.41) is 13.9. The lowest BCUT2D eigenvalue weighted by molar-refractivity contribution is 0.595. The normalized spacial score (nSPS) is 11.3. The van der Waals surface area contributed by atoms with E-state index in [-0.39, 0.29) is 5.75 Å². The van der Waals surface area contributed by atoms with Crippen molar-refractivity contribution in [1.82, 2.24) is 4.57 Å². The Morgan fingerprint density at radius 2 is 1.86 bits per heavy atom. The molecular weight excluding hydrogens is 286 g/mol. The molecule has 0 saturated carbocycles. The van der Waals surface area contributed by atoms with Crippen molar-refractivity contribution >= 4 is 10.0 Å². The molecule has 0 amide bonds. The zero-order valence-corrected chi connectivity index (χ0v) is 12.6. The summed E-state index contributed by atoms with van der Waals surface area (Å²) < 4.78 is 23.6. The average Bonchev–Trinajstić information content (AvgIpc) is 2.79. The number of nitrogens with zero attached hydrogens (tertiary/aromatic N) is 2. The molecule has 0 unspecified atom stereocenters. The van der Waals surface area contributed by atoms with Gasteiger partial charge in [0, 0.05) is 12.7 Å². The van der Waals surface area contributed by atoms with Crippen LogP contribution in [0.3, 0.4) is 0 Å². The predicted octanol–water partition coefficient (Wildman–Crippen LogP) is 1.78. The first-order valence-corrected chi connectivity index (χ1v) is 8.28. The van der Waals surface area contributed by atoms with Crippen molar-refractivity contribution in [2.45, 2.75) is 12.8 Å². The maximum atomic E-state index is 10.9. The maximum absolute atomic E-state index is 10.9. The lowest BCUT2D eigenvalue weighted by Gasteiger charge is -2.06. The summed E-state index contributed by atoms with van der Waals surface area (Å²) in [7, 11) is -1.53. The number of rotatable bonds is 5. The van der Waals surface area contributed by atoms with Gasteiger partial charge in [0.25, 0.3) is 0 Å². The number of aryl methyl sites for hydroxylation is 1. The fourth-order valence-electron chi connectivity index (χ4n) is 2.23. The van der Waals surface area contributed by atoms with Crippen molar-refractivity contribution < 1.29 is 8.42 Å². The molecule has 6 heteroatoms. The van der Waals surface area contributed by atoms with Gasteiger partial charge in [-0.05, 0) is 36.1 Å². The monoisotopic (exact) mass is 303 g/mol. The molecule has 0 spiro atoms. The van der Waals surface area contributed by atoms with E-state index >= 15 is 0 Å². The van der Waals surface area contributed by atoms with Crippen LogP contribution in [0.15, 0.2) is 36.4 Å². The number of hydrogen-bond acceptors (Lipinski definition) is 3. The molecule has 0 saturated heterocycles. The molecule has 2 rings (SSSR count). The van der Waals surface area contributed by atoms with Gasteiger partial charge in [-0.1, -0.05) is 24.3 Å². The fraction of sp³-hybridized carbons (Fsp3) is 0.267. The minimum atomic E-state index is -3.39. The maximum Gasteiger partial charge on any atom is 0.209 e. The van der Waals surface area contributed by atoms with Gasteiger partial charge in [-0.25, -0.2) is 13.6 Å². The molecule has 0 aliphatic carbocycles. The molecular formula is C15H17N3O2S. The highest BCUT2D eigenvalue weighted by Gasteiger charge is 2.07. The van der Waals surface area contributed by atoms with Gasteiger partial charge in [0.2, 0.25) is 10.0 Å². The highest BCUT2D eigenvalue weighted by molar-refractivity contribution is 7.89. The smallest absolute Gasteiger partial charge is 0.209 e. The number of nitriles is 1. The highest BCUT2D eigenvalue weighted by Crippen LogP contribution is 2.22. The van der Waals surface area contributed by atoms with Crippen molar-refractivity contribution in [1.29, 1.82) is 5.26 Å². The number of benzene rings is 1. The van der Waals surface area contributed by atoms with E-state index in [4.69, 9.17) is 10.4 Å². The average molecular weight is 303 g/mol. The van der Waals surface area contributed by atoms with Gasteiger partial charge in [-0.2, -0.15) is 5.26 Å². The molecule has 21 heavy (non-hydrogen) atoms. The first-order chi connectivity index (χ1) is 9.90. The van der Waals surface area contributed by atoms with Crippen LogP contribution < -0.4 is 5.14 Å². The quantitative estimate of drug-likeness (QED) is 0.913. The second kappa shape index (κ2) is 6.12. The van der Waals surface area contributed by atoms with E-state index in [9.17, 15) is 8.42 Å². The number of nitrogens with two attached hydrogens (primary N) is 1. The molecule has 0 atom stereocenters. The summed E-state index contributed by atoms with van der Waals surface area (Å²) in [4.78, 5) is 0. The van der Waals surface area contributed by atoms with E-state index in [1.165, 1.54) is 0 Å². The zero-order valence-electron chi connectivity index (χ0n) is 11.8. The van der Waals surface area contributed by atoms with Crippen molar-refractivity contribution in [2.75, 3.05) is 5.75 Å². The highest BCUT2D eigenvalue weighted by atomic mass is 32.2. The molecule has 0 fully saturated rings. The second-order valence-corrected chi connectivity index (χ2v) is 6.68. The van der Waals surface area contributed by atoms with Crippen molar-refractivity contribution in [3.63, 3.8) is 0 Å². The summed E-state index contributed by atoms with van der Waals surface area (Å²) in [5.74, 6) is -0.00189. The van der Waals surface area contributed by atoms with Gasteiger partial charge in [-0.15, -0.1) is 0 Å². The van der Waals surface area contributed by atoms with Crippen molar-refractivity contribution in [2.24, 2.45) is 12.2 Å². The molecule has 0 bridgehead atoms. The lowest BCUT2D eigenvalue weighted by atomic mass is 10.1. The molecule has 1 aromatic heterocycles. The largest absolute Gasteiger partial charge is 0.335 e. The summed E-state index contributed by atoms with van der Waals surface area (Å²) in [6, 6.07) is 13.7. The first kappa shape index (κ1) is 15.3. The van der Waals surface area contributed by atoms with E-state index in [1.807, 2.05) is 41.9 Å². The number of primary sulfonamides is 1. The Hall–Kier alpha value is -2.10. The number of sulfonamides is 1. The molecule has 1 heterocycles. The van der Waals surface area contributed by atoms with Gasteiger partial charge < -0.3 is 4.57 Å². The summed E-state index contributed by atoms with van der Waals surface area (Å²) >= 11 is 0. The molecule has 2 N–H and O–H groups in total. The van der Waals surface area contributed by atoms with E-state index in [2.05, 4.69) is 6.07 Å². The molecule has 110 valence electrons. The summed E-state index contributed by atoms with van der Waals surface area (Å²) in [6.07, 6.45) is 1.19. The van der Waals surface area contributed by atoms with Gasteiger partial charge in [-0.3, -0.25) is 0 Å². The van der Waals surface area contributed by atoms with E-state index in [0.717, 1.165) is 16.8 Å². The molecule has 2 aromatic rings. The Morgan fingerprint density at radius 1 is 1.19 bits per heavy atom. The van der Waals surface area contributed by atoms with Crippen LogP contribution in [0.2, 0.25) is 0 Å². The molecule has 0 aliphatic heterocycles. The van der Waals surface area contributed by atoms with Crippen LogP contribution in [0.25, 0.3) is 11.3 Å². The third kappa shape index (κ3) is 3.94. The lowest BCUT2D eigenvalue weighted by Crippen LogP contribution is -2.16. The second-order valence-electron chi connectivity index (χ2n) is 4.94. The SMILES string of the molecule is Cn1c(C#N)ccc1-c1ccc(CCCS(N)(=O)=O)cc1. The third-order valence-corrected chi connectivity index (χ3v) is 4.24. The van der Waals surface area contributed by atoms with E-state index in [0.29, 0.717) is 18.5 Å². The minimum Gasteiger partial charge on any atom is -0.335 e. The molecule has 5 nitrogen and oxygen atoms in total. The number of aromatic nitrogens is 1. The van der Waals surface area contributed by atoms with E-state index < -0.39 is 10.0 Å². The Morgan fingerprint density at radius 3 is 2.38 bits per heavy atom. The van der Waals surface area contributed by atoms with Gasteiger partial charge in [0.05, 0.1) is 5.75 Å². The van der Waals surface area contributed by atoms with Crippen LogP contribution >= 0.6 is 0 Å². The van der Waals surface area contributed by atoms with Gasteiger partial charge in [0.1, 0.15) is 11.8 Å². The van der Waals surface area contributed by atoms with Crippen LogP contribution in [0.4, 0.5) is 0 Å². The molecule has 1 aromatic carbocycles. The number of hydrogen-bond donors (Lipinski definition) is 1. The third-order valence-electron chi connectivity index (χ3n) is 3.38. The summed E-state index contributed by atoms with van der Waals surface area (Å²) in [6.45, 7) is 0.